The van der Waals surface area contributed by atoms with E-state index in [9.17, 15) is 9.59 Å². The zero-order chi connectivity index (χ0) is 24.4. The Balaban J connectivity index is 1.48. The van der Waals surface area contributed by atoms with Crippen molar-refractivity contribution in [1.29, 1.82) is 0 Å². The Kier molecular flexibility index (Phi) is 6.31. The molecular formula is C26H18ClN3O4S. The van der Waals surface area contributed by atoms with Gasteiger partial charge in [-0.1, -0.05) is 41.1 Å². The molecule has 5 rings (SSSR count). The van der Waals surface area contributed by atoms with Crippen molar-refractivity contribution in [3.05, 3.63) is 99.4 Å². The minimum absolute atomic E-state index is 0.206. The van der Waals surface area contributed by atoms with E-state index in [1.54, 1.807) is 48.5 Å². The molecule has 0 bridgehead atoms. The number of carbonyl (C=O) groups is 1. The van der Waals surface area contributed by atoms with Crippen molar-refractivity contribution in [3.63, 3.8) is 0 Å². The lowest BCUT2D eigenvalue weighted by Crippen LogP contribution is -2.31. The van der Waals surface area contributed by atoms with Crippen molar-refractivity contribution in [2.24, 2.45) is 5.10 Å². The second-order valence-corrected chi connectivity index (χ2v) is 9.12. The van der Waals surface area contributed by atoms with Gasteiger partial charge in [-0.2, -0.15) is 10.1 Å². The maximum Gasteiger partial charge on any atom is 0.287 e. The zero-order valence-corrected chi connectivity index (χ0v) is 20.0. The third kappa shape index (κ3) is 4.94. The van der Waals surface area contributed by atoms with Crippen LogP contribution < -0.4 is 15.2 Å². The Hall–Kier alpha value is -4.01. The number of hydrogen-bond acceptors (Lipinski definition) is 7. The van der Waals surface area contributed by atoms with Gasteiger partial charge in [-0.3, -0.25) is 9.59 Å². The van der Waals surface area contributed by atoms with Crippen LogP contribution in [0.3, 0.4) is 0 Å². The topological polar surface area (TPSA) is 85.0 Å². The number of amides is 1. The number of halogens is 1. The standard InChI is InChI=1S/C26H18ClN3O4S/c1-16-6-11-21-23(12-16)35-26(29-21)30(24(31)15-33-19-9-7-18(27)8-10-19)28-13-17-14-34-22-5-3-2-4-20(22)25(17)32/h2-14H,15H2,1H3/b28-13+. The largest absolute Gasteiger partial charge is 0.484 e. The second-order valence-electron chi connectivity index (χ2n) is 7.68. The fourth-order valence-corrected chi connectivity index (χ4v) is 4.53. The Morgan fingerprint density at radius 3 is 2.80 bits per heavy atom. The van der Waals surface area contributed by atoms with E-state index >= 15 is 0 Å². The molecule has 0 fully saturated rings. The first kappa shape index (κ1) is 22.8. The minimum atomic E-state index is -0.461. The smallest absolute Gasteiger partial charge is 0.287 e. The summed E-state index contributed by atoms with van der Waals surface area (Å²) in [6.45, 7) is 1.69. The van der Waals surface area contributed by atoms with Crippen molar-refractivity contribution < 1.29 is 13.9 Å². The van der Waals surface area contributed by atoms with Crippen LogP contribution in [0.4, 0.5) is 5.13 Å². The number of benzene rings is 3. The monoisotopic (exact) mass is 503 g/mol. The Morgan fingerprint density at radius 1 is 1.17 bits per heavy atom. The Morgan fingerprint density at radius 2 is 1.97 bits per heavy atom. The van der Waals surface area contributed by atoms with E-state index < -0.39 is 5.91 Å². The van der Waals surface area contributed by atoms with Crippen molar-refractivity contribution in [2.75, 3.05) is 11.6 Å². The molecule has 0 saturated heterocycles. The van der Waals surface area contributed by atoms with Crippen molar-refractivity contribution >= 4 is 61.4 Å². The van der Waals surface area contributed by atoms with Gasteiger partial charge in [0, 0.05) is 5.02 Å². The Bertz CT molecular complexity index is 1630. The summed E-state index contributed by atoms with van der Waals surface area (Å²) in [5.41, 5.74) is 2.25. The lowest BCUT2D eigenvalue weighted by atomic mass is 10.2. The number of para-hydroxylation sites is 1. The number of aryl methyl sites for hydroxylation is 1. The molecule has 0 aliphatic rings. The number of anilines is 1. The van der Waals surface area contributed by atoms with Gasteiger partial charge in [-0.05, 0) is 61.0 Å². The molecule has 1 amide bonds. The highest BCUT2D eigenvalue weighted by atomic mass is 35.5. The van der Waals surface area contributed by atoms with Crippen LogP contribution in [0.5, 0.6) is 5.75 Å². The number of ether oxygens (including phenoxy) is 1. The summed E-state index contributed by atoms with van der Waals surface area (Å²) in [5.74, 6) is 0.0268. The molecule has 0 N–H and O–H groups in total. The van der Waals surface area contributed by atoms with Gasteiger partial charge in [0.25, 0.3) is 5.91 Å². The maximum atomic E-state index is 13.2. The van der Waals surface area contributed by atoms with Gasteiger partial charge >= 0.3 is 0 Å². The molecule has 0 spiro atoms. The second kappa shape index (κ2) is 9.69. The number of thiazole rings is 1. The highest BCUT2D eigenvalue weighted by molar-refractivity contribution is 7.22. The van der Waals surface area contributed by atoms with E-state index in [4.69, 9.17) is 20.8 Å². The average Bonchev–Trinajstić information content (AvgIpc) is 3.28. The van der Waals surface area contributed by atoms with Crippen LogP contribution in [0, 0.1) is 6.92 Å². The molecular weight excluding hydrogens is 486 g/mol. The van der Waals surface area contributed by atoms with Gasteiger partial charge in [0.2, 0.25) is 10.6 Å². The quantitative estimate of drug-likeness (QED) is 0.215. The molecule has 0 radical (unpaired) electrons. The number of carbonyl (C=O) groups excluding carboxylic acids is 1. The van der Waals surface area contributed by atoms with Gasteiger partial charge < -0.3 is 9.15 Å². The third-order valence-electron chi connectivity index (χ3n) is 5.15. The first-order valence-corrected chi connectivity index (χ1v) is 11.8. The molecule has 0 saturated carbocycles. The average molecular weight is 504 g/mol. The summed E-state index contributed by atoms with van der Waals surface area (Å²) in [5, 5.41) is 6.81. The predicted molar refractivity (Wildman–Crippen MR) is 139 cm³/mol. The number of fused-ring (bicyclic) bond motifs is 2. The molecule has 3 aromatic carbocycles. The molecule has 174 valence electrons. The molecule has 0 unspecified atom stereocenters. The fourth-order valence-electron chi connectivity index (χ4n) is 3.37. The van der Waals surface area contributed by atoms with E-state index in [1.807, 2.05) is 25.1 Å². The van der Waals surface area contributed by atoms with Gasteiger partial charge in [0.05, 0.1) is 27.4 Å². The van der Waals surface area contributed by atoms with E-state index in [2.05, 4.69) is 10.1 Å². The van der Waals surface area contributed by atoms with E-state index in [-0.39, 0.29) is 17.6 Å². The maximum absolute atomic E-state index is 13.2. The molecule has 0 aliphatic heterocycles. The van der Waals surface area contributed by atoms with Crippen LogP contribution in [0.25, 0.3) is 21.2 Å². The van der Waals surface area contributed by atoms with E-state index in [0.29, 0.717) is 26.9 Å². The molecule has 2 heterocycles. The summed E-state index contributed by atoms with van der Waals surface area (Å²) in [6, 6.07) is 19.5. The van der Waals surface area contributed by atoms with Crippen LogP contribution in [0.2, 0.25) is 5.02 Å². The highest BCUT2D eigenvalue weighted by Crippen LogP contribution is 2.30. The summed E-state index contributed by atoms with van der Waals surface area (Å²) in [6.07, 6.45) is 2.62. The van der Waals surface area contributed by atoms with Gasteiger partial charge in [0.1, 0.15) is 17.6 Å². The first-order valence-electron chi connectivity index (χ1n) is 10.6. The van der Waals surface area contributed by atoms with Crippen molar-refractivity contribution in [1.82, 2.24) is 4.98 Å². The van der Waals surface area contributed by atoms with E-state index in [0.717, 1.165) is 20.8 Å². The van der Waals surface area contributed by atoms with Crippen molar-refractivity contribution in [3.8, 4) is 5.75 Å². The number of hydrogen-bond donors (Lipinski definition) is 0. The number of nitrogens with zero attached hydrogens (tertiary/aromatic N) is 3. The van der Waals surface area contributed by atoms with Gasteiger partial charge in [-0.25, -0.2) is 4.98 Å². The minimum Gasteiger partial charge on any atom is -0.484 e. The number of rotatable bonds is 6. The zero-order valence-electron chi connectivity index (χ0n) is 18.5. The van der Waals surface area contributed by atoms with Crippen LogP contribution >= 0.6 is 22.9 Å². The highest BCUT2D eigenvalue weighted by Gasteiger charge is 2.20. The summed E-state index contributed by atoms with van der Waals surface area (Å²) >= 11 is 7.23. The Labute approximate surface area is 208 Å². The number of hydrazone groups is 1. The lowest BCUT2D eigenvalue weighted by molar-refractivity contribution is -0.120. The molecule has 0 atom stereocenters. The van der Waals surface area contributed by atoms with Crippen LogP contribution in [0.15, 0.2) is 87.3 Å². The SMILES string of the molecule is Cc1ccc2nc(N(/N=C/c3coc4ccccc4c3=O)C(=O)COc3ccc(Cl)cc3)sc2c1. The van der Waals surface area contributed by atoms with Gasteiger partial charge in [0.15, 0.2) is 6.61 Å². The summed E-state index contributed by atoms with van der Waals surface area (Å²) in [4.78, 5) is 30.6. The van der Waals surface area contributed by atoms with Crippen LogP contribution in [-0.4, -0.2) is 23.7 Å². The summed E-state index contributed by atoms with van der Waals surface area (Å²) in [7, 11) is 0. The van der Waals surface area contributed by atoms with Gasteiger partial charge in [-0.15, -0.1) is 0 Å². The van der Waals surface area contributed by atoms with E-state index in [1.165, 1.54) is 23.8 Å². The summed E-state index contributed by atoms with van der Waals surface area (Å²) < 4.78 is 12.1. The molecule has 35 heavy (non-hydrogen) atoms. The molecule has 5 aromatic rings. The first-order chi connectivity index (χ1) is 17.0. The molecule has 2 aromatic heterocycles. The number of aromatic nitrogens is 1. The molecule has 0 aliphatic carbocycles. The fraction of sp³-hybridized carbons (Fsp3) is 0.0769. The van der Waals surface area contributed by atoms with Crippen LogP contribution in [0.1, 0.15) is 11.1 Å². The predicted octanol–water partition coefficient (Wildman–Crippen LogP) is 5.81. The lowest BCUT2D eigenvalue weighted by Gasteiger charge is -2.14. The molecule has 7 nitrogen and oxygen atoms in total. The molecule has 9 heteroatoms. The third-order valence-corrected chi connectivity index (χ3v) is 6.39. The van der Waals surface area contributed by atoms with Crippen molar-refractivity contribution in [2.45, 2.75) is 6.92 Å². The van der Waals surface area contributed by atoms with Crippen LogP contribution in [-0.2, 0) is 4.79 Å². The normalized spacial score (nSPS) is 11.4.